The maximum atomic E-state index is 12.2. The first-order chi connectivity index (χ1) is 9.24. The molecular weight excluding hydrogens is 240 g/mol. The maximum absolute atomic E-state index is 12.2. The third kappa shape index (κ3) is 3.13. The fourth-order valence-electron chi connectivity index (χ4n) is 1.91. The van der Waals surface area contributed by atoms with Gasteiger partial charge in [-0.05, 0) is 18.6 Å². The summed E-state index contributed by atoms with van der Waals surface area (Å²) in [6.45, 7) is 2.10. The van der Waals surface area contributed by atoms with Crippen molar-refractivity contribution in [1.29, 1.82) is 0 Å². The third-order valence-corrected chi connectivity index (χ3v) is 2.83. The normalized spacial score (nSPS) is 10.2. The first kappa shape index (κ1) is 13.1. The summed E-state index contributed by atoms with van der Waals surface area (Å²) in [5.41, 5.74) is 2.43. The molecule has 0 radical (unpaired) electrons. The quantitative estimate of drug-likeness (QED) is 0.772. The highest BCUT2D eigenvalue weighted by molar-refractivity contribution is 6.07. The molecule has 0 fully saturated rings. The molecule has 0 bridgehead atoms. The van der Waals surface area contributed by atoms with Gasteiger partial charge in [-0.25, -0.2) is 0 Å². The van der Waals surface area contributed by atoms with Crippen molar-refractivity contribution in [2.45, 2.75) is 19.8 Å². The Morgan fingerprint density at radius 1 is 1.37 bits per heavy atom. The molecule has 0 saturated carbocycles. The van der Waals surface area contributed by atoms with Crippen molar-refractivity contribution in [2.75, 3.05) is 17.7 Å². The summed E-state index contributed by atoms with van der Waals surface area (Å²) in [5, 5.41) is 12.8. The number of amides is 1. The number of rotatable bonds is 5. The van der Waals surface area contributed by atoms with E-state index in [0.717, 1.165) is 24.2 Å². The zero-order valence-electron chi connectivity index (χ0n) is 11.2. The minimum Gasteiger partial charge on any atom is -0.387 e. The second kappa shape index (κ2) is 6.04. The molecular formula is C14H18N4O. The van der Waals surface area contributed by atoms with Crippen LogP contribution in [0.1, 0.15) is 29.4 Å². The number of nitrogens with zero attached hydrogens (tertiary/aromatic N) is 1. The van der Waals surface area contributed by atoms with Crippen molar-refractivity contribution in [1.82, 2.24) is 10.2 Å². The summed E-state index contributed by atoms with van der Waals surface area (Å²) in [6, 6.07) is 9.23. The Bertz CT molecular complexity index is 562. The molecule has 1 amide bonds. The lowest BCUT2D eigenvalue weighted by Crippen LogP contribution is -2.14. The van der Waals surface area contributed by atoms with Gasteiger partial charge in [0.05, 0.1) is 5.56 Å². The number of carbonyl (C=O) groups is 1. The minimum absolute atomic E-state index is 0.167. The standard InChI is InChI=1S/C14H18N4O/c1-3-6-10-9-13(18-17-10)16-14(19)11-7-4-5-8-12(11)15-2/h4-5,7-9,15H,3,6H2,1-2H3,(H2,16,17,18,19). The van der Waals surface area contributed by atoms with E-state index in [1.807, 2.05) is 24.3 Å². The van der Waals surface area contributed by atoms with Crippen molar-refractivity contribution in [3.8, 4) is 0 Å². The highest BCUT2D eigenvalue weighted by atomic mass is 16.1. The Kier molecular flexibility index (Phi) is 4.18. The van der Waals surface area contributed by atoms with Gasteiger partial charge in [-0.2, -0.15) is 5.10 Å². The van der Waals surface area contributed by atoms with Gasteiger partial charge in [0.2, 0.25) is 0 Å². The molecule has 1 aromatic carbocycles. The van der Waals surface area contributed by atoms with Crippen LogP contribution >= 0.6 is 0 Å². The summed E-state index contributed by atoms with van der Waals surface area (Å²) in [5.74, 6) is 0.388. The molecule has 0 atom stereocenters. The zero-order chi connectivity index (χ0) is 13.7. The zero-order valence-corrected chi connectivity index (χ0v) is 11.2. The fourth-order valence-corrected chi connectivity index (χ4v) is 1.91. The van der Waals surface area contributed by atoms with Crippen LogP contribution in [0.3, 0.4) is 0 Å². The second-order valence-corrected chi connectivity index (χ2v) is 4.28. The van der Waals surface area contributed by atoms with Gasteiger partial charge in [0, 0.05) is 24.5 Å². The third-order valence-electron chi connectivity index (χ3n) is 2.83. The molecule has 1 heterocycles. The average Bonchev–Trinajstić information content (AvgIpc) is 2.86. The number of carbonyl (C=O) groups excluding carboxylic acids is 1. The Labute approximate surface area is 112 Å². The van der Waals surface area contributed by atoms with Crippen molar-refractivity contribution >= 4 is 17.4 Å². The van der Waals surface area contributed by atoms with Gasteiger partial charge < -0.3 is 10.6 Å². The maximum Gasteiger partial charge on any atom is 0.258 e. The predicted octanol–water partition coefficient (Wildman–Crippen LogP) is 2.66. The molecule has 5 heteroatoms. The number of aromatic amines is 1. The second-order valence-electron chi connectivity index (χ2n) is 4.28. The minimum atomic E-state index is -0.167. The first-order valence-electron chi connectivity index (χ1n) is 6.37. The molecule has 0 unspecified atom stereocenters. The lowest BCUT2D eigenvalue weighted by atomic mass is 10.1. The van der Waals surface area contributed by atoms with E-state index in [1.54, 1.807) is 13.1 Å². The molecule has 19 heavy (non-hydrogen) atoms. The van der Waals surface area contributed by atoms with Gasteiger partial charge in [-0.1, -0.05) is 25.5 Å². The topological polar surface area (TPSA) is 69.8 Å². The van der Waals surface area contributed by atoms with Gasteiger partial charge in [0.25, 0.3) is 5.91 Å². The number of H-pyrrole nitrogens is 1. The number of hydrogen-bond acceptors (Lipinski definition) is 3. The van der Waals surface area contributed by atoms with E-state index in [9.17, 15) is 4.79 Å². The molecule has 0 spiro atoms. The van der Waals surface area contributed by atoms with Crippen LogP contribution in [0.5, 0.6) is 0 Å². The van der Waals surface area contributed by atoms with E-state index in [2.05, 4.69) is 27.8 Å². The van der Waals surface area contributed by atoms with Crippen molar-refractivity contribution in [3.63, 3.8) is 0 Å². The van der Waals surface area contributed by atoms with Gasteiger partial charge in [0.1, 0.15) is 0 Å². The van der Waals surface area contributed by atoms with Crippen LogP contribution in [0.15, 0.2) is 30.3 Å². The molecule has 2 rings (SSSR count). The molecule has 0 saturated heterocycles. The lowest BCUT2D eigenvalue weighted by Gasteiger charge is -2.07. The molecule has 2 aromatic rings. The molecule has 5 nitrogen and oxygen atoms in total. The number of anilines is 2. The monoisotopic (exact) mass is 258 g/mol. The highest BCUT2D eigenvalue weighted by Crippen LogP contribution is 2.16. The van der Waals surface area contributed by atoms with Crippen molar-refractivity contribution < 1.29 is 4.79 Å². The molecule has 3 N–H and O–H groups in total. The Morgan fingerprint density at radius 2 is 2.16 bits per heavy atom. The van der Waals surface area contributed by atoms with E-state index in [4.69, 9.17) is 0 Å². The lowest BCUT2D eigenvalue weighted by molar-refractivity contribution is 0.102. The number of para-hydroxylation sites is 1. The van der Waals surface area contributed by atoms with Gasteiger partial charge >= 0.3 is 0 Å². The van der Waals surface area contributed by atoms with E-state index < -0.39 is 0 Å². The number of nitrogens with one attached hydrogen (secondary N) is 3. The summed E-state index contributed by atoms with van der Waals surface area (Å²) in [7, 11) is 1.79. The van der Waals surface area contributed by atoms with Crippen LogP contribution < -0.4 is 10.6 Å². The van der Waals surface area contributed by atoms with Crippen LogP contribution in [-0.4, -0.2) is 23.2 Å². The van der Waals surface area contributed by atoms with Gasteiger partial charge in [-0.3, -0.25) is 9.89 Å². The van der Waals surface area contributed by atoms with E-state index in [-0.39, 0.29) is 5.91 Å². The number of hydrogen-bond donors (Lipinski definition) is 3. The molecule has 1 aromatic heterocycles. The van der Waals surface area contributed by atoms with Gasteiger partial charge in [-0.15, -0.1) is 0 Å². The largest absolute Gasteiger partial charge is 0.387 e. The Balaban J connectivity index is 2.11. The SMILES string of the molecule is CCCc1cc(NC(=O)c2ccccc2NC)n[nH]1. The summed E-state index contributed by atoms with van der Waals surface area (Å²) in [4.78, 5) is 12.2. The highest BCUT2D eigenvalue weighted by Gasteiger charge is 2.11. The Morgan fingerprint density at radius 3 is 2.89 bits per heavy atom. The van der Waals surface area contributed by atoms with Crippen LogP contribution in [-0.2, 0) is 6.42 Å². The van der Waals surface area contributed by atoms with Crippen molar-refractivity contribution in [3.05, 3.63) is 41.6 Å². The average molecular weight is 258 g/mol. The van der Waals surface area contributed by atoms with Crippen LogP contribution in [0.4, 0.5) is 11.5 Å². The smallest absolute Gasteiger partial charge is 0.258 e. The van der Waals surface area contributed by atoms with Crippen molar-refractivity contribution in [2.24, 2.45) is 0 Å². The number of aryl methyl sites for hydroxylation is 1. The first-order valence-corrected chi connectivity index (χ1v) is 6.37. The number of benzene rings is 1. The molecule has 100 valence electrons. The Hall–Kier alpha value is -2.30. The number of aromatic nitrogens is 2. The molecule has 0 aliphatic rings. The molecule has 0 aliphatic carbocycles. The van der Waals surface area contributed by atoms with Crippen LogP contribution in [0, 0.1) is 0 Å². The van der Waals surface area contributed by atoms with Crippen LogP contribution in [0.2, 0.25) is 0 Å². The predicted molar refractivity (Wildman–Crippen MR) is 76.5 cm³/mol. The summed E-state index contributed by atoms with van der Waals surface area (Å²) >= 11 is 0. The fraction of sp³-hybridized carbons (Fsp3) is 0.286. The van der Waals surface area contributed by atoms with Crippen LogP contribution in [0.25, 0.3) is 0 Å². The van der Waals surface area contributed by atoms with Gasteiger partial charge in [0.15, 0.2) is 5.82 Å². The summed E-state index contributed by atoms with van der Waals surface area (Å²) < 4.78 is 0. The molecule has 0 aliphatic heterocycles. The van der Waals surface area contributed by atoms with E-state index in [0.29, 0.717) is 11.4 Å². The van der Waals surface area contributed by atoms with E-state index >= 15 is 0 Å². The summed E-state index contributed by atoms with van der Waals surface area (Å²) in [6.07, 6.45) is 1.97. The van der Waals surface area contributed by atoms with E-state index in [1.165, 1.54) is 0 Å².